The van der Waals surface area contributed by atoms with Crippen LogP contribution in [-0.2, 0) is 14.3 Å². The van der Waals surface area contributed by atoms with Crippen LogP contribution in [0.15, 0.2) is 0 Å². The molecular weight excluding hydrogens is 228 g/mol. The molecule has 0 saturated heterocycles. The molecule has 2 amide bonds. The lowest BCUT2D eigenvalue weighted by atomic mass is 10.4. The van der Waals surface area contributed by atoms with E-state index in [9.17, 15) is 9.59 Å². The zero-order valence-corrected chi connectivity index (χ0v) is 10.8. The summed E-state index contributed by atoms with van der Waals surface area (Å²) in [7, 11) is 0. The first-order chi connectivity index (χ1) is 7.43. The van der Waals surface area contributed by atoms with Crippen molar-refractivity contribution in [3.63, 3.8) is 0 Å². The van der Waals surface area contributed by atoms with Gasteiger partial charge in [0.1, 0.15) is 6.61 Å². The summed E-state index contributed by atoms with van der Waals surface area (Å²) in [5.74, 6) is -0.321. The summed E-state index contributed by atoms with van der Waals surface area (Å²) in [6.07, 6.45) is 0.0375. The van der Waals surface area contributed by atoms with E-state index < -0.39 is 0 Å². The van der Waals surface area contributed by atoms with E-state index in [0.29, 0.717) is 13.1 Å². The topological polar surface area (TPSA) is 67.4 Å². The number of carbonyl (C=O) groups is 2. The highest BCUT2D eigenvalue weighted by Gasteiger charge is 2.06. The van der Waals surface area contributed by atoms with Gasteiger partial charge in [-0.25, -0.2) is 0 Å². The number of carbonyl (C=O) groups excluding carboxylic acids is 2. The van der Waals surface area contributed by atoms with E-state index in [-0.39, 0.29) is 29.8 Å². The van der Waals surface area contributed by atoms with Crippen molar-refractivity contribution in [3.05, 3.63) is 0 Å². The monoisotopic (exact) mass is 248 g/mol. The standard InChI is InChI=1S/C10H20N2O3S/c1-7(2)15-6-9(13)11-4-5-12-10(14)8(3)16/h7-8,16H,4-6H2,1-3H3,(H,11,13)(H,12,14). The number of nitrogens with one attached hydrogen (secondary N) is 2. The van der Waals surface area contributed by atoms with Gasteiger partial charge in [0, 0.05) is 13.1 Å². The minimum absolute atomic E-state index is 0.0375. The number of thiol groups is 1. The molecule has 2 N–H and O–H groups in total. The molecule has 1 unspecified atom stereocenters. The smallest absolute Gasteiger partial charge is 0.246 e. The van der Waals surface area contributed by atoms with Gasteiger partial charge >= 0.3 is 0 Å². The van der Waals surface area contributed by atoms with Gasteiger partial charge < -0.3 is 15.4 Å². The SMILES string of the molecule is CC(C)OCC(=O)NCCNC(=O)C(C)S. The summed E-state index contributed by atoms with van der Waals surface area (Å²) in [6, 6.07) is 0. The van der Waals surface area contributed by atoms with Crippen LogP contribution in [0.5, 0.6) is 0 Å². The third-order valence-electron chi connectivity index (χ3n) is 1.67. The van der Waals surface area contributed by atoms with Gasteiger partial charge in [-0.3, -0.25) is 9.59 Å². The first kappa shape index (κ1) is 15.2. The van der Waals surface area contributed by atoms with Crippen LogP contribution in [-0.4, -0.2) is 42.9 Å². The van der Waals surface area contributed by atoms with Crippen molar-refractivity contribution < 1.29 is 14.3 Å². The Kier molecular flexibility index (Phi) is 8.01. The molecular formula is C10H20N2O3S. The minimum atomic E-state index is -0.333. The average Bonchev–Trinajstić information content (AvgIpc) is 2.20. The molecule has 0 spiro atoms. The first-order valence-electron chi connectivity index (χ1n) is 5.27. The van der Waals surface area contributed by atoms with Crippen LogP contribution in [0, 0.1) is 0 Å². The highest BCUT2D eigenvalue weighted by molar-refractivity contribution is 7.81. The van der Waals surface area contributed by atoms with Crippen molar-refractivity contribution in [1.29, 1.82) is 0 Å². The Morgan fingerprint density at radius 3 is 2.25 bits per heavy atom. The molecule has 1 atom stereocenters. The van der Waals surface area contributed by atoms with Crippen LogP contribution < -0.4 is 10.6 Å². The number of rotatable bonds is 7. The van der Waals surface area contributed by atoms with E-state index >= 15 is 0 Å². The lowest BCUT2D eigenvalue weighted by Gasteiger charge is -2.09. The summed E-state index contributed by atoms with van der Waals surface area (Å²) in [6.45, 7) is 6.26. The summed E-state index contributed by atoms with van der Waals surface area (Å²) < 4.78 is 5.11. The fourth-order valence-corrected chi connectivity index (χ4v) is 0.920. The van der Waals surface area contributed by atoms with Gasteiger partial charge in [0.25, 0.3) is 0 Å². The van der Waals surface area contributed by atoms with Gasteiger partial charge in [-0.05, 0) is 20.8 Å². The normalized spacial score (nSPS) is 12.3. The second-order valence-electron chi connectivity index (χ2n) is 3.68. The molecule has 0 aromatic rings. The third-order valence-corrected chi connectivity index (χ3v) is 1.91. The van der Waals surface area contributed by atoms with Gasteiger partial charge in [0.15, 0.2) is 0 Å². The van der Waals surface area contributed by atoms with Crippen molar-refractivity contribution in [1.82, 2.24) is 10.6 Å². The molecule has 0 bridgehead atoms. The van der Waals surface area contributed by atoms with Gasteiger partial charge in [-0.1, -0.05) is 0 Å². The largest absolute Gasteiger partial charge is 0.369 e. The summed E-state index contributed by atoms with van der Waals surface area (Å²) in [5, 5.41) is 4.93. The zero-order chi connectivity index (χ0) is 12.6. The van der Waals surface area contributed by atoms with E-state index in [1.54, 1.807) is 6.92 Å². The minimum Gasteiger partial charge on any atom is -0.369 e. The Hall–Kier alpha value is -0.750. The zero-order valence-electron chi connectivity index (χ0n) is 9.95. The second kappa shape index (κ2) is 8.41. The predicted molar refractivity (Wildman–Crippen MR) is 65.6 cm³/mol. The maximum atomic E-state index is 11.2. The van der Waals surface area contributed by atoms with E-state index in [4.69, 9.17) is 4.74 Å². The number of ether oxygens (including phenoxy) is 1. The highest BCUT2D eigenvalue weighted by Crippen LogP contribution is 1.90. The second-order valence-corrected chi connectivity index (χ2v) is 4.45. The maximum Gasteiger partial charge on any atom is 0.246 e. The molecule has 16 heavy (non-hydrogen) atoms. The van der Waals surface area contributed by atoms with Crippen LogP contribution in [0.2, 0.25) is 0 Å². The van der Waals surface area contributed by atoms with Crippen molar-refractivity contribution in [2.75, 3.05) is 19.7 Å². The van der Waals surface area contributed by atoms with Gasteiger partial charge in [0.05, 0.1) is 11.4 Å². The van der Waals surface area contributed by atoms with E-state index in [1.165, 1.54) is 0 Å². The molecule has 6 heteroatoms. The molecule has 94 valence electrons. The van der Waals surface area contributed by atoms with Crippen molar-refractivity contribution >= 4 is 24.4 Å². The molecule has 0 aromatic carbocycles. The fraction of sp³-hybridized carbons (Fsp3) is 0.800. The quantitative estimate of drug-likeness (QED) is 0.437. The summed E-state index contributed by atoms with van der Waals surface area (Å²) in [5.41, 5.74) is 0. The predicted octanol–water partition coefficient (Wildman–Crippen LogP) is -0.0379. The molecule has 0 aliphatic carbocycles. The Labute approximate surface area is 102 Å². The molecule has 0 aliphatic rings. The lowest BCUT2D eigenvalue weighted by Crippen LogP contribution is -2.38. The van der Waals surface area contributed by atoms with Crippen LogP contribution in [0.25, 0.3) is 0 Å². The molecule has 0 aromatic heterocycles. The van der Waals surface area contributed by atoms with Gasteiger partial charge in [0.2, 0.25) is 11.8 Å². The van der Waals surface area contributed by atoms with Crippen molar-refractivity contribution in [2.45, 2.75) is 32.1 Å². The number of hydrogen-bond donors (Lipinski definition) is 3. The molecule has 0 rings (SSSR count). The molecule has 0 aliphatic heterocycles. The average molecular weight is 248 g/mol. The van der Waals surface area contributed by atoms with Crippen molar-refractivity contribution in [2.24, 2.45) is 0 Å². The van der Waals surface area contributed by atoms with E-state index in [2.05, 4.69) is 23.3 Å². The Morgan fingerprint density at radius 1 is 1.19 bits per heavy atom. The van der Waals surface area contributed by atoms with Gasteiger partial charge in [-0.2, -0.15) is 12.6 Å². The third kappa shape index (κ3) is 8.55. The highest BCUT2D eigenvalue weighted by atomic mass is 32.1. The number of amides is 2. The van der Waals surface area contributed by atoms with Gasteiger partial charge in [-0.15, -0.1) is 0 Å². The Balaban J connectivity index is 3.45. The summed E-state index contributed by atoms with van der Waals surface area (Å²) >= 11 is 3.97. The fourth-order valence-electron chi connectivity index (χ4n) is 0.829. The van der Waals surface area contributed by atoms with E-state index in [0.717, 1.165) is 0 Å². The van der Waals surface area contributed by atoms with Crippen LogP contribution in [0.1, 0.15) is 20.8 Å². The van der Waals surface area contributed by atoms with Crippen LogP contribution in [0.4, 0.5) is 0 Å². The van der Waals surface area contributed by atoms with Crippen molar-refractivity contribution in [3.8, 4) is 0 Å². The molecule has 0 radical (unpaired) electrons. The molecule has 0 saturated carbocycles. The maximum absolute atomic E-state index is 11.2. The number of hydrogen-bond acceptors (Lipinski definition) is 4. The Morgan fingerprint density at radius 2 is 1.75 bits per heavy atom. The molecule has 0 fully saturated rings. The summed E-state index contributed by atoms with van der Waals surface area (Å²) in [4.78, 5) is 22.2. The van der Waals surface area contributed by atoms with Crippen LogP contribution >= 0.6 is 12.6 Å². The first-order valence-corrected chi connectivity index (χ1v) is 5.79. The Bertz CT molecular complexity index is 232. The lowest BCUT2D eigenvalue weighted by molar-refractivity contribution is -0.127. The molecule has 5 nitrogen and oxygen atoms in total. The van der Waals surface area contributed by atoms with Crippen LogP contribution in [0.3, 0.4) is 0 Å². The van der Waals surface area contributed by atoms with E-state index in [1.807, 2.05) is 13.8 Å². The molecule has 0 heterocycles.